The highest BCUT2D eigenvalue weighted by Crippen LogP contribution is 2.15. The van der Waals surface area contributed by atoms with Gasteiger partial charge in [-0.3, -0.25) is 0 Å². The summed E-state index contributed by atoms with van der Waals surface area (Å²) in [5.41, 5.74) is 0. The summed E-state index contributed by atoms with van der Waals surface area (Å²) in [5.74, 6) is 0. The van der Waals surface area contributed by atoms with E-state index in [9.17, 15) is 5.11 Å². The predicted molar refractivity (Wildman–Crippen MR) is 124 cm³/mol. The molecule has 0 aliphatic carbocycles. The summed E-state index contributed by atoms with van der Waals surface area (Å²) in [6, 6.07) is 0. The maximum Gasteiger partial charge on any atom is 0.0540 e. The maximum atomic E-state index is 10.1. The van der Waals surface area contributed by atoms with E-state index in [1.165, 1.54) is 135 Å². The van der Waals surface area contributed by atoms with Crippen molar-refractivity contribution in [2.45, 2.75) is 168 Å². The average molecular weight is 383 g/mol. The minimum atomic E-state index is -0.0297. The Hall–Kier alpha value is -0.0400. The highest BCUT2D eigenvalue weighted by molar-refractivity contribution is 4.58. The quantitative estimate of drug-likeness (QED) is 0.174. The molecule has 27 heavy (non-hydrogen) atoms. The van der Waals surface area contributed by atoms with Gasteiger partial charge < -0.3 is 5.11 Å². The normalized spacial score (nSPS) is 12.6. The van der Waals surface area contributed by atoms with E-state index in [-0.39, 0.29) is 6.10 Å². The molecule has 0 aliphatic rings. The zero-order chi connectivity index (χ0) is 19.8. The fourth-order valence-corrected chi connectivity index (χ4v) is 4.06. The lowest BCUT2D eigenvalue weighted by Gasteiger charge is -2.10. The van der Waals surface area contributed by atoms with E-state index in [0.717, 1.165) is 12.8 Å². The molecular weight excluding hydrogens is 328 g/mol. The van der Waals surface area contributed by atoms with E-state index in [0.29, 0.717) is 0 Å². The maximum absolute atomic E-state index is 10.1. The minimum absolute atomic E-state index is 0.0297. The monoisotopic (exact) mass is 382 g/mol. The van der Waals surface area contributed by atoms with Crippen molar-refractivity contribution in [2.24, 2.45) is 0 Å². The number of aliphatic hydroxyl groups excluding tert-OH is 1. The van der Waals surface area contributed by atoms with Crippen LogP contribution in [-0.2, 0) is 0 Å². The van der Waals surface area contributed by atoms with Gasteiger partial charge in [-0.15, -0.1) is 0 Å². The molecule has 0 fully saturated rings. The second-order valence-corrected chi connectivity index (χ2v) is 8.95. The third-order valence-electron chi connectivity index (χ3n) is 6.03. The van der Waals surface area contributed by atoms with Crippen LogP contribution in [0.3, 0.4) is 0 Å². The summed E-state index contributed by atoms with van der Waals surface area (Å²) >= 11 is 0. The van der Waals surface area contributed by atoms with Crippen LogP contribution >= 0.6 is 0 Å². The van der Waals surface area contributed by atoms with Crippen LogP contribution in [0.1, 0.15) is 162 Å². The molecule has 0 heterocycles. The number of rotatable bonds is 23. The molecule has 1 nitrogen and oxygen atoms in total. The third kappa shape index (κ3) is 23.9. The van der Waals surface area contributed by atoms with Gasteiger partial charge in [0.2, 0.25) is 0 Å². The Bertz CT molecular complexity index is 251. The molecule has 1 unspecified atom stereocenters. The van der Waals surface area contributed by atoms with Crippen molar-refractivity contribution in [3.8, 4) is 0 Å². The standard InChI is InChI=1S/C26H54O/c1-3-5-7-9-11-12-13-14-15-16-17-19-21-23-25-26(27)24-22-20-18-10-8-6-4-2/h26-27H,3-25H2,1-2H3. The first-order chi connectivity index (χ1) is 13.3. The second-order valence-electron chi connectivity index (χ2n) is 8.95. The lowest BCUT2D eigenvalue weighted by atomic mass is 10.0. The smallest absolute Gasteiger partial charge is 0.0540 e. The van der Waals surface area contributed by atoms with Crippen molar-refractivity contribution in [2.75, 3.05) is 0 Å². The van der Waals surface area contributed by atoms with Crippen LogP contribution in [0.2, 0.25) is 0 Å². The molecule has 0 radical (unpaired) electrons. The Morgan fingerprint density at radius 3 is 0.852 bits per heavy atom. The first kappa shape index (κ1) is 27.0. The van der Waals surface area contributed by atoms with E-state index < -0.39 is 0 Å². The lowest BCUT2D eigenvalue weighted by molar-refractivity contribution is 0.147. The summed E-state index contributed by atoms with van der Waals surface area (Å²) in [7, 11) is 0. The highest BCUT2D eigenvalue weighted by atomic mass is 16.3. The van der Waals surface area contributed by atoms with Gasteiger partial charge in [0, 0.05) is 0 Å². The highest BCUT2D eigenvalue weighted by Gasteiger charge is 2.03. The van der Waals surface area contributed by atoms with E-state index >= 15 is 0 Å². The Labute approximate surface area is 173 Å². The Kier molecular flexibility index (Phi) is 24.0. The summed E-state index contributed by atoms with van der Waals surface area (Å²) in [4.78, 5) is 0. The van der Waals surface area contributed by atoms with E-state index in [1.807, 2.05) is 0 Å². The fourth-order valence-electron chi connectivity index (χ4n) is 4.06. The third-order valence-corrected chi connectivity index (χ3v) is 6.03. The largest absolute Gasteiger partial charge is 0.393 e. The number of unbranched alkanes of at least 4 members (excludes halogenated alkanes) is 19. The number of hydrogen-bond acceptors (Lipinski definition) is 1. The summed E-state index contributed by atoms with van der Waals surface area (Å²) in [6.45, 7) is 4.56. The molecule has 0 bridgehead atoms. The van der Waals surface area contributed by atoms with Crippen LogP contribution in [0.4, 0.5) is 0 Å². The zero-order valence-corrected chi connectivity index (χ0v) is 19.3. The van der Waals surface area contributed by atoms with Crippen LogP contribution in [0.25, 0.3) is 0 Å². The molecule has 0 spiro atoms. The van der Waals surface area contributed by atoms with Gasteiger partial charge in [-0.2, -0.15) is 0 Å². The molecule has 0 saturated heterocycles. The molecule has 1 N–H and O–H groups in total. The first-order valence-electron chi connectivity index (χ1n) is 13.0. The van der Waals surface area contributed by atoms with Crippen LogP contribution in [-0.4, -0.2) is 11.2 Å². The van der Waals surface area contributed by atoms with Crippen LogP contribution < -0.4 is 0 Å². The van der Waals surface area contributed by atoms with Crippen LogP contribution in [0.5, 0.6) is 0 Å². The molecule has 0 amide bonds. The molecule has 0 aromatic heterocycles. The van der Waals surface area contributed by atoms with Gasteiger partial charge in [-0.25, -0.2) is 0 Å². The number of hydrogen-bond donors (Lipinski definition) is 1. The summed E-state index contributed by atoms with van der Waals surface area (Å²) in [5, 5.41) is 10.1. The van der Waals surface area contributed by atoms with Crippen LogP contribution in [0.15, 0.2) is 0 Å². The zero-order valence-electron chi connectivity index (χ0n) is 19.3. The van der Waals surface area contributed by atoms with Crippen LogP contribution in [0, 0.1) is 0 Å². The van der Waals surface area contributed by atoms with Crippen molar-refractivity contribution in [1.29, 1.82) is 0 Å². The predicted octanol–water partition coefficient (Wildman–Crippen LogP) is 9.36. The van der Waals surface area contributed by atoms with Gasteiger partial charge in [0.25, 0.3) is 0 Å². The molecule has 0 aliphatic heterocycles. The molecular formula is C26H54O. The van der Waals surface area contributed by atoms with Crippen molar-refractivity contribution in [1.82, 2.24) is 0 Å². The lowest BCUT2D eigenvalue weighted by Crippen LogP contribution is -2.05. The molecule has 0 aromatic rings. The van der Waals surface area contributed by atoms with E-state index in [1.54, 1.807) is 0 Å². The van der Waals surface area contributed by atoms with Gasteiger partial charge in [0.05, 0.1) is 6.10 Å². The van der Waals surface area contributed by atoms with Gasteiger partial charge in [0.1, 0.15) is 0 Å². The van der Waals surface area contributed by atoms with Crippen molar-refractivity contribution in [3.05, 3.63) is 0 Å². The van der Waals surface area contributed by atoms with Gasteiger partial charge in [-0.05, 0) is 12.8 Å². The first-order valence-corrected chi connectivity index (χ1v) is 13.0. The molecule has 0 aromatic carbocycles. The van der Waals surface area contributed by atoms with Crippen molar-refractivity contribution >= 4 is 0 Å². The van der Waals surface area contributed by atoms with E-state index in [2.05, 4.69) is 13.8 Å². The summed E-state index contributed by atoms with van der Waals surface area (Å²) < 4.78 is 0. The Morgan fingerprint density at radius 2 is 0.593 bits per heavy atom. The number of aliphatic hydroxyl groups is 1. The molecule has 1 atom stereocenters. The molecule has 164 valence electrons. The van der Waals surface area contributed by atoms with Gasteiger partial charge in [-0.1, -0.05) is 149 Å². The second kappa shape index (κ2) is 24.0. The minimum Gasteiger partial charge on any atom is -0.393 e. The Balaban J connectivity index is 3.10. The Morgan fingerprint density at radius 1 is 0.370 bits per heavy atom. The fraction of sp³-hybridized carbons (Fsp3) is 1.00. The molecule has 0 rings (SSSR count). The summed E-state index contributed by atoms with van der Waals surface area (Å²) in [6.07, 6.45) is 31.2. The average Bonchev–Trinajstić information content (AvgIpc) is 2.67. The topological polar surface area (TPSA) is 20.2 Å². The van der Waals surface area contributed by atoms with Crippen molar-refractivity contribution < 1.29 is 5.11 Å². The molecule has 1 heteroatoms. The van der Waals surface area contributed by atoms with Gasteiger partial charge >= 0.3 is 0 Å². The van der Waals surface area contributed by atoms with E-state index in [4.69, 9.17) is 0 Å². The SMILES string of the molecule is CCCCCCCCCCCCCCCCC(O)CCCCCCCCC. The van der Waals surface area contributed by atoms with Crippen molar-refractivity contribution in [3.63, 3.8) is 0 Å². The van der Waals surface area contributed by atoms with Gasteiger partial charge in [0.15, 0.2) is 0 Å². The molecule has 0 saturated carbocycles.